The summed E-state index contributed by atoms with van der Waals surface area (Å²) in [5.74, 6) is -0.368. The number of piperidine rings is 1. The van der Waals surface area contributed by atoms with Gasteiger partial charge in [0.15, 0.2) is 6.29 Å². The van der Waals surface area contributed by atoms with E-state index in [2.05, 4.69) is 71.3 Å². The van der Waals surface area contributed by atoms with Crippen LogP contribution in [0.25, 0.3) is 21.9 Å². The second-order valence-corrected chi connectivity index (χ2v) is 18.2. The highest BCUT2D eigenvalue weighted by molar-refractivity contribution is 6.06. The van der Waals surface area contributed by atoms with Gasteiger partial charge in [-0.15, -0.1) is 0 Å². The molecule has 3 aromatic heterocycles. The summed E-state index contributed by atoms with van der Waals surface area (Å²) in [5.41, 5.74) is 5.26. The third-order valence-electron chi connectivity index (χ3n) is 13.5. The van der Waals surface area contributed by atoms with Crippen LogP contribution in [-0.2, 0) is 24.2 Å². The third kappa shape index (κ3) is 12.6. The molecule has 3 aliphatic rings. The lowest BCUT2D eigenvalue weighted by Gasteiger charge is -2.39. The predicted molar refractivity (Wildman–Crippen MR) is 265 cm³/mol. The van der Waals surface area contributed by atoms with Crippen molar-refractivity contribution in [1.29, 1.82) is 0 Å². The molecule has 9 rings (SSSR count). The first-order valence-corrected chi connectivity index (χ1v) is 24.1. The molecule has 3 aromatic carbocycles. The number of fused-ring (bicyclic) bond motifs is 1. The number of benzene rings is 3. The van der Waals surface area contributed by atoms with Crippen molar-refractivity contribution in [2.75, 3.05) is 85.6 Å². The molecule has 0 saturated carbocycles. The van der Waals surface area contributed by atoms with Gasteiger partial charge in [-0.1, -0.05) is 55.5 Å². The second kappa shape index (κ2) is 23.5. The van der Waals surface area contributed by atoms with E-state index in [1.54, 1.807) is 42.7 Å². The van der Waals surface area contributed by atoms with E-state index in [1.807, 2.05) is 34.1 Å². The van der Waals surface area contributed by atoms with E-state index in [-0.39, 0.29) is 46.6 Å². The number of piperazine rings is 2. The number of aryl methyl sites for hydroxylation is 1. The molecule has 70 heavy (non-hydrogen) atoms. The lowest BCUT2D eigenvalue weighted by atomic mass is 9.95. The molecular weight excluding hydrogens is 890 g/mol. The number of aromatic nitrogens is 5. The topological polar surface area (TPSA) is 181 Å². The number of hydrogen-bond acceptors (Lipinski definition) is 12. The monoisotopic (exact) mass is 949 g/mol. The van der Waals surface area contributed by atoms with E-state index >= 15 is 0 Å². The van der Waals surface area contributed by atoms with Crippen LogP contribution in [0.5, 0.6) is 0 Å². The fourth-order valence-corrected chi connectivity index (χ4v) is 9.23. The first-order valence-electron chi connectivity index (χ1n) is 24.1. The van der Waals surface area contributed by atoms with Gasteiger partial charge in [0.2, 0.25) is 5.91 Å². The van der Waals surface area contributed by atoms with Gasteiger partial charge >= 0.3 is 0 Å². The maximum absolute atomic E-state index is 13.9. The van der Waals surface area contributed by atoms with Crippen molar-refractivity contribution in [2.24, 2.45) is 5.92 Å². The van der Waals surface area contributed by atoms with Gasteiger partial charge in [0.25, 0.3) is 17.4 Å². The van der Waals surface area contributed by atoms with Crippen LogP contribution in [0.2, 0.25) is 0 Å². The zero-order chi connectivity index (χ0) is 49.0. The molecule has 2 N–H and O–H groups in total. The largest absolute Gasteiger partial charge is 0.346 e. The van der Waals surface area contributed by atoms with Crippen LogP contribution in [0.15, 0.2) is 102 Å². The maximum Gasteiger partial charge on any atom is 0.273 e. The van der Waals surface area contributed by atoms with E-state index in [9.17, 15) is 28.4 Å². The van der Waals surface area contributed by atoms with Crippen LogP contribution in [0, 0.1) is 11.7 Å². The SMILES string of the molecule is CCc1cccc(-c2cnc(C(=O)N3CCC(CN4CCN(CC(=O)N5CCN(C)CC5)CC4)CC3)c(C(=O)NCc3ccncn3)c2)c1.O=Cc1cc(Cc2n[nH]c(=O)c3ccccc23)ccc1F. The van der Waals surface area contributed by atoms with Gasteiger partial charge in [0.05, 0.1) is 41.0 Å². The minimum absolute atomic E-state index is 0.0150. The van der Waals surface area contributed by atoms with E-state index in [0.29, 0.717) is 55.0 Å². The van der Waals surface area contributed by atoms with Crippen molar-refractivity contribution in [3.8, 4) is 11.1 Å². The first-order chi connectivity index (χ1) is 34.0. The highest BCUT2D eigenvalue weighted by Crippen LogP contribution is 2.26. The van der Waals surface area contributed by atoms with Crippen molar-refractivity contribution in [1.82, 2.24) is 55.0 Å². The Morgan fingerprint density at radius 1 is 0.800 bits per heavy atom. The maximum atomic E-state index is 13.9. The van der Waals surface area contributed by atoms with Gasteiger partial charge in [-0.05, 0) is 79.3 Å². The summed E-state index contributed by atoms with van der Waals surface area (Å²) < 4.78 is 13.3. The fourth-order valence-electron chi connectivity index (χ4n) is 9.23. The molecule has 3 aliphatic heterocycles. The number of nitrogens with zero attached hydrogens (tertiary/aromatic N) is 9. The molecule has 3 amide bonds. The minimum atomic E-state index is -0.548. The highest BCUT2D eigenvalue weighted by Gasteiger charge is 2.30. The van der Waals surface area contributed by atoms with E-state index in [1.165, 1.54) is 24.0 Å². The Morgan fingerprint density at radius 2 is 1.56 bits per heavy atom. The fraction of sp³-hybridized carbons (Fsp3) is 0.377. The average molecular weight is 950 g/mol. The number of aldehydes is 1. The molecule has 0 radical (unpaired) electrons. The van der Waals surface area contributed by atoms with Gasteiger partial charge in [0, 0.05) is 102 Å². The van der Waals surface area contributed by atoms with Crippen LogP contribution in [-0.4, -0.2) is 159 Å². The molecule has 3 saturated heterocycles. The molecule has 0 atom stereocenters. The molecule has 0 bridgehead atoms. The number of amides is 3. The van der Waals surface area contributed by atoms with Crippen molar-refractivity contribution < 1.29 is 23.6 Å². The van der Waals surface area contributed by atoms with Crippen molar-refractivity contribution in [3.63, 3.8) is 0 Å². The summed E-state index contributed by atoms with van der Waals surface area (Å²) >= 11 is 0. The summed E-state index contributed by atoms with van der Waals surface area (Å²) in [6, 6.07) is 23.2. The highest BCUT2D eigenvalue weighted by atomic mass is 19.1. The molecule has 3 fully saturated rings. The summed E-state index contributed by atoms with van der Waals surface area (Å²) in [5, 5.41) is 10.7. The molecule has 6 aromatic rings. The molecular formula is C53H60FN11O5. The zero-order valence-corrected chi connectivity index (χ0v) is 39.9. The number of likely N-dealkylation sites (N-methyl/N-ethyl adjacent to an activating group) is 1. The van der Waals surface area contributed by atoms with Gasteiger partial charge < -0.3 is 24.9 Å². The Balaban J connectivity index is 0.000000260. The number of hydrogen-bond donors (Lipinski definition) is 2. The van der Waals surface area contributed by atoms with Gasteiger partial charge in [-0.3, -0.25) is 28.9 Å². The van der Waals surface area contributed by atoms with Crippen LogP contribution in [0.1, 0.15) is 73.5 Å². The van der Waals surface area contributed by atoms with Crippen molar-refractivity contribution in [3.05, 3.63) is 153 Å². The summed E-state index contributed by atoms with van der Waals surface area (Å²) in [6.07, 6.45) is 8.38. The number of likely N-dealkylation sites (tertiary alicyclic amines) is 1. The van der Waals surface area contributed by atoms with Crippen LogP contribution < -0.4 is 10.9 Å². The number of nitrogens with one attached hydrogen (secondary N) is 2. The molecule has 364 valence electrons. The average Bonchev–Trinajstić information content (AvgIpc) is 3.40. The summed E-state index contributed by atoms with van der Waals surface area (Å²) in [6.45, 7) is 12.4. The minimum Gasteiger partial charge on any atom is -0.346 e. The smallest absolute Gasteiger partial charge is 0.273 e. The lowest BCUT2D eigenvalue weighted by molar-refractivity contribution is -0.134. The Kier molecular flexibility index (Phi) is 16.6. The quantitative estimate of drug-likeness (QED) is 0.152. The molecule has 17 heteroatoms. The molecule has 0 unspecified atom stereocenters. The van der Waals surface area contributed by atoms with E-state index in [4.69, 9.17) is 0 Å². The van der Waals surface area contributed by atoms with Gasteiger partial charge in [-0.2, -0.15) is 5.10 Å². The predicted octanol–water partition coefficient (Wildman–Crippen LogP) is 4.74. The number of pyridine rings is 1. The van der Waals surface area contributed by atoms with E-state index in [0.717, 1.165) is 100 Å². The second-order valence-electron chi connectivity index (χ2n) is 18.2. The Bertz CT molecular complexity index is 2840. The number of aromatic amines is 1. The molecule has 0 spiro atoms. The Labute approximate surface area is 406 Å². The van der Waals surface area contributed by atoms with Crippen LogP contribution >= 0.6 is 0 Å². The third-order valence-corrected chi connectivity index (χ3v) is 13.5. The van der Waals surface area contributed by atoms with Gasteiger partial charge in [-0.25, -0.2) is 24.4 Å². The van der Waals surface area contributed by atoms with E-state index < -0.39 is 5.82 Å². The standard InChI is InChI=1S/C37H49N9O3.C16H11FN2O2/c1-3-28-5-4-6-30(21-28)31-22-33(36(48)40-24-32-7-10-38-27-41-32)35(39-23-31)37(49)46-11-8-29(9-12-46)25-43-15-17-44(18-16-43)26-34(47)45-19-13-42(2)14-20-45;17-14-6-5-10(7-11(14)9-20)8-15-12-3-1-2-4-13(12)16(21)19-18-15/h4-7,10,21-23,27,29H,3,8-9,11-20,24-26H2,1-2H3,(H,40,48);1-7,9H,8H2,(H,19,21). The number of halogens is 1. The van der Waals surface area contributed by atoms with Crippen molar-refractivity contribution >= 4 is 34.8 Å². The summed E-state index contributed by atoms with van der Waals surface area (Å²) in [4.78, 5) is 86.5. The Morgan fingerprint density at radius 3 is 2.29 bits per heavy atom. The lowest BCUT2D eigenvalue weighted by Crippen LogP contribution is -2.54. The van der Waals surface area contributed by atoms with Crippen LogP contribution in [0.4, 0.5) is 4.39 Å². The number of carbonyl (C=O) groups is 4. The normalized spacial score (nSPS) is 16.1. The molecule has 16 nitrogen and oxygen atoms in total. The van der Waals surface area contributed by atoms with Gasteiger partial charge in [0.1, 0.15) is 17.8 Å². The first kappa shape index (κ1) is 49.3. The van der Waals surface area contributed by atoms with Crippen LogP contribution in [0.3, 0.4) is 0 Å². The zero-order valence-electron chi connectivity index (χ0n) is 39.9. The number of H-pyrrole nitrogens is 1. The Hall–Kier alpha value is -7.08. The number of rotatable bonds is 13. The van der Waals surface area contributed by atoms with Crippen molar-refractivity contribution in [2.45, 2.75) is 39.2 Å². The number of carbonyl (C=O) groups excluding carboxylic acids is 4. The summed E-state index contributed by atoms with van der Waals surface area (Å²) in [7, 11) is 2.10. The molecule has 6 heterocycles. The molecule has 0 aliphatic carbocycles.